The minimum atomic E-state index is -3.70. The quantitative estimate of drug-likeness (QED) is 0.705. The van der Waals surface area contributed by atoms with Crippen LogP contribution in [0.15, 0.2) is 57.8 Å². The molecule has 0 saturated carbocycles. The van der Waals surface area contributed by atoms with E-state index < -0.39 is 10.0 Å². The second-order valence-electron chi connectivity index (χ2n) is 8.25. The van der Waals surface area contributed by atoms with Crippen molar-refractivity contribution in [3.05, 3.63) is 54.1 Å². The Kier molecular flexibility index (Phi) is 5.28. The molecule has 0 spiro atoms. The highest BCUT2D eigenvalue weighted by atomic mass is 32.2. The molecule has 2 aromatic carbocycles. The molecule has 32 heavy (non-hydrogen) atoms. The van der Waals surface area contributed by atoms with Crippen LogP contribution < -0.4 is 9.64 Å². The standard InChI is InChI=1S/C23H26N4O4S/c1-31-18-10-8-17(9-11-18)25-13-15-26(16-14-25)23(28)20-6-4-12-27(20)22-19-5-2-3-7-21(19)32(29,30)24-22/h2-3,5,7-11,20H,4,6,12-16H2,1H3/t20-/m0/s1. The summed E-state index contributed by atoms with van der Waals surface area (Å²) >= 11 is 0. The van der Waals surface area contributed by atoms with Gasteiger partial charge in [-0.05, 0) is 49.2 Å². The lowest BCUT2D eigenvalue weighted by molar-refractivity contribution is -0.135. The van der Waals surface area contributed by atoms with Gasteiger partial charge < -0.3 is 19.4 Å². The molecule has 1 atom stereocenters. The van der Waals surface area contributed by atoms with Crippen LogP contribution in [0.25, 0.3) is 0 Å². The van der Waals surface area contributed by atoms with Crippen molar-refractivity contribution < 1.29 is 17.9 Å². The largest absolute Gasteiger partial charge is 0.497 e. The predicted octanol–water partition coefficient (Wildman–Crippen LogP) is 1.96. The Balaban J connectivity index is 1.29. The molecule has 3 aliphatic heterocycles. The molecule has 2 saturated heterocycles. The summed E-state index contributed by atoms with van der Waals surface area (Å²) in [7, 11) is -2.05. The number of nitrogens with zero attached hydrogens (tertiary/aromatic N) is 4. The van der Waals surface area contributed by atoms with Gasteiger partial charge in [0, 0.05) is 44.0 Å². The Hall–Kier alpha value is -3.07. The van der Waals surface area contributed by atoms with Crippen LogP contribution in [0.4, 0.5) is 5.69 Å². The summed E-state index contributed by atoms with van der Waals surface area (Å²) in [6, 6.07) is 14.4. The fourth-order valence-corrected chi connectivity index (χ4v) is 5.98. The van der Waals surface area contributed by atoms with Crippen molar-refractivity contribution in [3.63, 3.8) is 0 Å². The van der Waals surface area contributed by atoms with Gasteiger partial charge in [-0.15, -0.1) is 4.40 Å². The summed E-state index contributed by atoms with van der Waals surface area (Å²) in [4.78, 5) is 19.7. The van der Waals surface area contributed by atoms with E-state index in [1.54, 1.807) is 31.4 Å². The SMILES string of the molecule is COc1ccc(N2CCN(C(=O)[C@@H]3CCCN3C3=NS(=O)(=O)c4ccccc43)CC2)cc1. The zero-order valence-corrected chi connectivity index (χ0v) is 18.8. The highest BCUT2D eigenvalue weighted by Gasteiger charge is 2.41. The van der Waals surface area contributed by atoms with Crippen molar-refractivity contribution in [2.24, 2.45) is 4.40 Å². The summed E-state index contributed by atoms with van der Waals surface area (Å²) in [5.41, 5.74) is 1.71. The molecule has 0 N–H and O–H groups in total. The molecule has 0 aliphatic carbocycles. The zero-order valence-electron chi connectivity index (χ0n) is 18.0. The third-order valence-corrected chi connectivity index (χ3v) is 7.78. The second kappa shape index (κ2) is 8.12. The Bertz CT molecular complexity index is 1150. The number of fused-ring (bicyclic) bond motifs is 1. The molecule has 2 aromatic rings. The predicted molar refractivity (Wildman–Crippen MR) is 122 cm³/mol. The Morgan fingerprint density at radius 2 is 1.72 bits per heavy atom. The van der Waals surface area contributed by atoms with E-state index in [1.807, 2.05) is 34.1 Å². The van der Waals surface area contributed by atoms with Gasteiger partial charge in [-0.3, -0.25) is 4.79 Å². The minimum absolute atomic E-state index is 0.0568. The summed E-state index contributed by atoms with van der Waals surface area (Å²) in [5.74, 6) is 1.29. The lowest BCUT2D eigenvalue weighted by Crippen LogP contribution is -2.54. The second-order valence-corrected chi connectivity index (χ2v) is 9.82. The van der Waals surface area contributed by atoms with Crippen LogP contribution in [0.5, 0.6) is 5.75 Å². The average molecular weight is 455 g/mol. The van der Waals surface area contributed by atoms with Crippen LogP contribution in [0, 0.1) is 0 Å². The smallest absolute Gasteiger partial charge is 0.285 e. The van der Waals surface area contributed by atoms with Crippen molar-refractivity contribution in [2.45, 2.75) is 23.8 Å². The number of likely N-dealkylation sites (tertiary alicyclic amines) is 1. The fourth-order valence-electron chi connectivity index (χ4n) is 4.76. The molecule has 5 rings (SSSR count). The molecular formula is C23H26N4O4S. The molecule has 0 radical (unpaired) electrons. The van der Waals surface area contributed by atoms with Crippen LogP contribution in [0.2, 0.25) is 0 Å². The molecule has 1 amide bonds. The number of hydrogen-bond acceptors (Lipinski definition) is 6. The number of rotatable bonds is 3. The van der Waals surface area contributed by atoms with Gasteiger partial charge in [0.25, 0.3) is 10.0 Å². The van der Waals surface area contributed by atoms with Crippen molar-refractivity contribution in [1.29, 1.82) is 0 Å². The molecule has 3 aliphatic rings. The van der Waals surface area contributed by atoms with Gasteiger partial charge in [0.15, 0.2) is 5.84 Å². The molecule has 9 heteroatoms. The number of anilines is 1. The number of piperazine rings is 1. The summed E-state index contributed by atoms with van der Waals surface area (Å²) < 4.78 is 34.2. The molecule has 2 fully saturated rings. The number of carbonyl (C=O) groups is 1. The normalized spacial score (nSPS) is 22.0. The average Bonchev–Trinajstić information content (AvgIpc) is 3.41. The zero-order chi connectivity index (χ0) is 22.3. The highest BCUT2D eigenvalue weighted by molar-refractivity contribution is 7.90. The first-order valence-corrected chi connectivity index (χ1v) is 12.3. The van der Waals surface area contributed by atoms with Gasteiger partial charge in [0.1, 0.15) is 16.7 Å². The molecule has 0 aromatic heterocycles. The molecule has 8 nitrogen and oxygen atoms in total. The number of ether oxygens (including phenoxy) is 1. The lowest BCUT2D eigenvalue weighted by atomic mass is 10.1. The van der Waals surface area contributed by atoms with Gasteiger partial charge in [-0.1, -0.05) is 12.1 Å². The number of benzene rings is 2. The molecular weight excluding hydrogens is 428 g/mol. The van der Waals surface area contributed by atoms with Gasteiger partial charge in [-0.2, -0.15) is 8.42 Å². The molecule has 168 valence electrons. The summed E-state index contributed by atoms with van der Waals surface area (Å²) in [6.07, 6.45) is 1.54. The van der Waals surface area contributed by atoms with E-state index in [0.717, 1.165) is 30.9 Å². The maximum atomic E-state index is 13.4. The van der Waals surface area contributed by atoms with Crippen LogP contribution in [0.3, 0.4) is 0 Å². The number of amides is 1. The molecule has 0 unspecified atom stereocenters. The van der Waals surface area contributed by atoms with Gasteiger partial charge >= 0.3 is 0 Å². The van der Waals surface area contributed by atoms with E-state index in [2.05, 4.69) is 9.30 Å². The van der Waals surface area contributed by atoms with E-state index in [4.69, 9.17) is 4.74 Å². The van der Waals surface area contributed by atoms with E-state index >= 15 is 0 Å². The van der Waals surface area contributed by atoms with E-state index in [0.29, 0.717) is 37.5 Å². The number of sulfonamides is 1. The number of amidine groups is 1. The van der Waals surface area contributed by atoms with Crippen molar-refractivity contribution in [2.75, 3.05) is 44.7 Å². The third-order valence-electron chi connectivity index (χ3n) is 6.45. The fraction of sp³-hybridized carbons (Fsp3) is 0.391. The van der Waals surface area contributed by atoms with Crippen LogP contribution in [-0.2, 0) is 14.8 Å². The monoisotopic (exact) mass is 454 g/mol. The van der Waals surface area contributed by atoms with E-state index in [-0.39, 0.29) is 16.8 Å². The maximum Gasteiger partial charge on any atom is 0.285 e. The van der Waals surface area contributed by atoms with Crippen molar-refractivity contribution in [1.82, 2.24) is 9.80 Å². The Labute approximate surface area is 188 Å². The van der Waals surface area contributed by atoms with E-state index in [1.165, 1.54) is 0 Å². The first-order chi connectivity index (χ1) is 15.5. The number of carbonyl (C=O) groups excluding carboxylic acids is 1. The van der Waals surface area contributed by atoms with Crippen LogP contribution in [0.1, 0.15) is 18.4 Å². The minimum Gasteiger partial charge on any atom is -0.497 e. The van der Waals surface area contributed by atoms with Gasteiger partial charge in [0.2, 0.25) is 5.91 Å². The Morgan fingerprint density at radius 1 is 1.00 bits per heavy atom. The maximum absolute atomic E-state index is 13.4. The first-order valence-electron chi connectivity index (χ1n) is 10.9. The molecule has 0 bridgehead atoms. The van der Waals surface area contributed by atoms with Gasteiger partial charge in [-0.25, -0.2) is 0 Å². The Morgan fingerprint density at radius 3 is 2.44 bits per heavy atom. The van der Waals surface area contributed by atoms with Crippen molar-refractivity contribution in [3.8, 4) is 5.75 Å². The van der Waals surface area contributed by atoms with Gasteiger partial charge in [0.05, 0.1) is 7.11 Å². The first kappa shape index (κ1) is 20.8. The summed E-state index contributed by atoms with van der Waals surface area (Å²) in [5, 5.41) is 0. The van der Waals surface area contributed by atoms with Crippen LogP contribution in [-0.4, -0.2) is 75.8 Å². The lowest BCUT2D eigenvalue weighted by Gasteiger charge is -2.38. The number of methoxy groups -OCH3 is 1. The highest BCUT2D eigenvalue weighted by Crippen LogP contribution is 2.32. The molecule has 3 heterocycles. The summed E-state index contributed by atoms with van der Waals surface area (Å²) in [6.45, 7) is 3.41. The van der Waals surface area contributed by atoms with E-state index in [9.17, 15) is 13.2 Å². The third kappa shape index (κ3) is 3.60. The topological polar surface area (TPSA) is 82.5 Å². The van der Waals surface area contributed by atoms with Crippen LogP contribution >= 0.6 is 0 Å². The number of hydrogen-bond donors (Lipinski definition) is 0. The van der Waals surface area contributed by atoms with Crippen molar-refractivity contribution >= 4 is 27.5 Å².